The van der Waals surface area contributed by atoms with Gasteiger partial charge < -0.3 is 9.88 Å². The number of benzene rings is 1. The lowest BCUT2D eigenvalue weighted by molar-refractivity contribution is -0.914. The fraction of sp³-hybridized carbons (Fsp3) is 0.565. The Bertz CT molecular complexity index is 1100. The second-order valence-electron chi connectivity index (χ2n) is 9.15. The van der Waals surface area contributed by atoms with Crippen LogP contribution in [0.4, 0.5) is 0 Å². The number of aromatic nitrogens is 5. The van der Waals surface area contributed by atoms with E-state index in [0.29, 0.717) is 6.04 Å². The molecule has 2 aliphatic rings. The third kappa shape index (κ3) is 3.45. The van der Waals surface area contributed by atoms with E-state index in [-0.39, 0.29) is 11.6 Å². The number of aryl methyl sites for hydroxylation is 2. The van der Waals surface area contributed by atoms with Gasteiger partial charge in [-0.25, -0.2) is 4.68 Å². The summed E-state index contributed by atoms with van der Waals surface area (Å²) in [6.07, 6.45) is 8.33. The lowest BCUT2D eigenvalue weighted by Crippen LogP contribution is -3.10. The summed E-state index contributed by atoms with van der Waals surface area (Å²) in [7, 11) is 0. The van der Waals surface area contributed by atoms with Crippen molar-refractivity contribution in [3.63, 3.8) is 0 Å². The van der Waals surface area contributed by atoms with Gasteiger partial charge in [0.25, 0.3) is 5.56 Å². The van der Waals surface area contributed by atoms with Crippen molar-refractivity contribution in [3.05, 3.63) is 51.1 Å². The fourth-order valence-electron chi connectivity index (χ4n) is 5.34. The van der Waals surface area contributed by atoms with Crippen molar-refractivity contribution in [3.8, 4) is 0 Å². The smallest absolute Gasteiger partial charge is 0.258 e. The number of tetrazole rings is 1. The van der Waals surface area contributed by atoms with Gasteiger partial charge in [-0.3, -0.25) is 4.79 Å². The number of nitrogens with zero attached hydrogens (tertiary/aromatic N) is 4. The largest absolute Gasteiger partial charge is 0.322 e. The van der Waals surface area contributed by atoms with Crippen LogP contribution in [0.25, 0.3) is 10.9 Å². The maximum atomic E-state index is 13.3. The first-order chi connectivity index (χ1) is 14.6. The molecule has 7 heteroatoms. The molecule has 1 aromatic carbocycles. The minimum Gasteiger partial charge on any atom is -0.322 e. The van der Waals surface area contributed by atoms with Gasteiger partial charge in [0, 0.05) is 18.4 Å². The number of quaternary nitrogens is 1. The highest BCUT2D eigenvalue weighted by atomic mass is 16.1. The minimum atomic E-state index is -0.126. The molecule has 7 nitrogen and oxygen atoms in total. The molecule has 0 unspecified atom stereocenters. The number of likely N-dealkylation sites (tertiary alicyclic amines) is 1. The van der Waals surface area contributed by atoms with E-state index in [1.54, 1.807) is 0 Å². The van der Waals surface area contributed by atoms with Crippen molar-refractivity contribution in [2.75, 3.05) is 13.1 Å². The van der Waals surface area contributed by atoms with Crippen LogP contribution in [0.1, 0.15) is 79.5 Å². The van der Waals surface area contributed by atoms with Gasteiger partial charge in [-0.15, -0.1) is 5.10 Å². The van der Waals surface area contributed by atoms with Gasteiger partial charge in [0.15, 0.2) is 6.04 Å². The number of fused-ring (bicyclic) bond motifs is 1. The predicted octanol–water partition coefficient (Wildman–Crippen LogP) is 2.40. The number of aromatic amines is 1. The molecule has 2 aromatic heterocycles. The van der Waals surface area contributed by atoms with E-state index in [1.165, 1.54) is 48.1 Å². The van der Waals surface area contributed by atoms with Crippen molar-refractivity contribution >= 4 is 10.9 Å². The lowest BCUT2D eigenvalue weighted by atomic mass is 9.95. The van der Waals surface area contributed by atoms with Gasteiger partial charge in [0.1, 0.15) is 0 Å². The summed E-state index contributed by atoms with van der Waals surface area (Å²) in [5, 5.41) is 14.0. The molecule has 30 heavy (non-hydrogen) atoms. The standard InChI is InChI=1S/C23H30N6O/c1-15-12-17-14-19(23(30)24-20(17)13-16(15)2)21(28-10-6-7-11-28)22-25-26-27-29(22)18-8-4-3-5-9-18/h12-14,18,21H,3-11H2,1-2H3,(H,24,30)/p+1/t21-/m1/s1. The molecule has 0 bridgehead atoms. The molecule has 0 radical (unpaired) electrons. The Labute approximate surface area is 176 Å². The SMILES string of the molecule is Cc1cc2cc([C@H](c3nnnn3C3CCCCC3)[NH+]3CCCC3)c(=O)[nH]c2cc1C. The summed E-state index contributed by atoms with van der Waals surface area (Å²) in [4.78, 5) is 17.8. The van der Waals surface area contributed by atoms with E-state index in [1.807, 2.05) is 4.68 Å². The van der Waals surface area contributed by atoms with Gasteiger partial charge in [-0.05, 0) is 71.8 Å². The van der Waals surface area contributed by atoms with Crippen LogP contribution in [0.3, 0.4) is 0 Å². The Morgan fingerprint density at radius 1 is 1.03 bits per heavy atom. The first-order valence-corrected chi connectivity index (χ1v) is 11.4. The molecule has 0 spiro atoms. The average Bonchev–Trinajstić information content (AvgIpc) is 3.44. The van der Waals surface area contributed by atoms with Crippen molar-refractivity contribution < 1.29 is 4.90 Å². The zero-order valence-corrected chi connectivity index (χ0v) is 17.9. The van der Waals surface area contributed by atoms with E-state index in [9.17, 15) is 4.79 Å². The normalized spacial score (nSPS) is 19.5. The molecule has 1 atom stereocenters. The summed E-state index contributed by atoms with van der Waals surface area (Å²) in [5.41, 5.74) is 4.09. The third-order valence-corrected chi connectivity index (χ3v) is 7.15. The molecule has 1 aliphatic heterocycles. The Morgan fingerprint density at radius 2 is 1.77 bits per heavy atom. The number of hydrogen-bond donors (Lipinski definition) is 2. The minimum absolute atomic E-state index is 0.0200. The molecule has 3 aromatic rings. The van der Waals surface area contributed by atoms with Crippen LogP contribution in [-0.4, -0.2) is 38.3 Å². The number of nitrogens with one attached hydrogen (secondary N) is 2. The van der Waals surface area contributed by atoms with Crippen LogP contribution in [0.5, 0.6) is 0 Å². The van der Waals surface area contributed by atoms with Gasteiger partial charge in [0.05, 0.1) is 24.7 Å². The molecule has 158 valence electrons. The van der Waals surface area contributed by atoms with Crippen molar-refractivity contribution in [1.82, 2.24) is 25.2 Å². The van der Waals surface area contributed by atoms with E-state index in [4.69, 9.17) is 0 Å². The summed E-state index contributed by atoms with van der Waals surface area (Å²) in [5.74, 6) is 0.854. The molecule has 0 amide bonds. The quantitative estimate of drug-likeness (QED) is 0.696. The Morgan fingerprint density at radius 3 is 2.53 bits per heavy atom. The van der Waals surface area contributed by atoms with Crippen molar-refractivity contribution in [2.45, 2.75) is 70.9 Å². The maximum absolute atomic E-state index is 13.3. The number of pyridine rings is 1. The van der Waals surface area contributed by atoms with Crippen LogP contribution < -0.4 is 10.5 Å². The molecular formula is C23H31N6O+. The summed E-state index contributed by atoms with van der Waals surface area (Å²) in [6.45, 7) is 6.29. The summed E-state index contributed by atoms with van der Waals surface area (Å²) >= 11 is 0. The monoisotopic (exact) mass is 407 g/mol. The highest BCUT2D eigenvalue weighted by Gasteiger charge is 2.37. The maximum Gasteiger partial charge on any atom is 0.258 e. The molecular weight excluding hydrogens is 376 g/mol. The van der Waals surface area contributed by atoms with E-state index >= 15 is 0 Å². The topological polar surface area (TPSA) is 80.9 Å². The lowest BCUT2D eigenvalue weighted by Gasteiger charge is -2.27. The number of H-pyrrole nitrogens is 1. The molecule has 1 saturated carbocycles. The van der Waals surface area contributed by atoms with Crippen molar-refractivity contribution in [2.24, 2.45) is 0 Å². The third-order valence-electron chi connectivity index (χ3n) is 7.15. The van der Waals surface area contributed by atoms with Crippen LogP contribution >= 0.6 is 0 Å². The van der Waals surface area contributed by atoms with Gasteiger partial charge in [0.2, 0.25) is 5.82 Å². The summed E-state index contributed by atoms with van der Waals surface area (Å²) in [6, 6.07) is 6.54. The predicted molar refractivity (Wildman–Crippen MR) is 116 cm³/mol. The Balaban J connectivity index is 1.64. The van der Waals surface area contributed by atoms with Gasteiger partial charge >= 0.3 is 0 Å². The average molecular weight is 408 g/mol. The molecule has 5 rings (SSSR count). The highest BCUT2D eigenvalue weighted by molar-refractivity contribution is 5.80. The van der Waals surface area contributed by atoms with Crippen molar-refractivity contribution in [1.29, 1.82) is 0 Å². The number of hydrogen-bond acceptors (Lipinski definition) is 4. The zero-order chi connectivity index (χ0) is 20.7. The second kappa shape index (κ2) is 7.95. The zero-order valence-electron chi connectivity index (χ0n) is 17.9. The van der Waals surface area contributed by atoms with Crippen LogP contribution in [0.2, 0.25) is 0 Å². The van der Waals surface area contributed by atoms with Gasteiger partial charge in [-0.2, -0.15) is 0 Å². The molecule has 2 fully saturated rings. The van der Waals surface area contributed by atoms with Crippen LogP contribution in [0, 0.1) is 13.8 Å². The van der Waals surface area contributed by atoms with E-state index < -0.39 is 0 Å². The highest BCUT2D eigenvalue weighted by Crippen LogP contribution is 2.30. The van der Waals surface area contributed by atoms with Crippen LogP contribution in [-0.2, 0) is 0 Å². The second-order valence-corrected chi connectivity index (χ2v) is 9.15. The first kappa shape index (κ1) is 19.4. The molecule has 3 heterocycles. The Kier molecular flexibility index (Phi) is 5.15. The number of rotatable bonds is 4. The molecule has 1 saturated heterocycles. The summed E-state index contributed by atoms with van der Waals surface area (Å²) < 4.78 is 2.04. The fourth-order valence-corrected chi connectivity index (χ4v) is 5.34. The van der Waals surface area contributed by atoms with E-state index in [2.05, 4.69) is 52.6 Å². The first-order valence-electron chi connectivity index (χ1n) is 11.4. The molecule has 2 N–H and O–H groups in total. The Hall–Kier alpha value is -2.54. The van der Waals surface area contributed by atoms with Gasteiger partial charge in [-0.1, -0.05) is 19.3 Å². The van der Waals surface area contributed by atoms with E-state index in [0.717, 1.165) is 48.2 Å². The molecule has 1 aliphatic carbocycles. The van der Waals surface area contributed by atoms with Crippen LogP contribution in [0.15, 0.2) is 23.0 Å².